The van der Waals surface area contributed by atoms with Crippen LogP contribution in [-0.2, 0) is 5.41 Å². The van der Waals surface area contributed by atoms with Crippen LogP contribution in [0.1, 0.15) is 36.7 Å². The minimum Gasteiger partial charge on any atom is -0.368 e. The summed E-state index contributed by atoms with van der Waals surface area (Å²) in [6.07, 6.45) is 0. The van der Waals surface area contributed by atoms with E-state index in [-0.39, 0.29) is 11.3 Å². The molecule has 2 N–H and O–H groups in total. The zero-order chi connectivity index (χ0) is 23.4. The van der Waals surface area contributed by atoms with Crippen LogP contribution < -0.4 is 10.6 Å². The number of halogens is 1. The lowest BCUT2D eigenvalue weighted by Crippen LogP contribution is -2.29. The quantitative estimate of drug-likeness (QED) is 0.343. The number of fused-ring (bicyclic) bond motifs is 1. The number of nitrogens with one attached hydrogen (secondary N) is 2. The first-order valence-corrected chi connectivity index (χ1v) is 11.3. The van der Waals surface area contributed by atoms with E-state index in [1.807, 2.05) is 72.8 Å². The molecule has 0 aliphatic heterocycles. The number of anilines is 1. The lowest BCUT2D eigenvalue weighted by Gasteiger charge is -2.19. The molecule has 168 valence electrons. The number of hydrogen-bond donors (Lipinski definition) is 2. The monoisotopic (exact) mass is 458 g/mol. The van der Waals surface area contributed by atoms with Crippen molar-refractivity contribution in [3.05, 3.63) is 88.9 Å². The highest BCUT2D eigenvalue weighted by molar-refractivity contribution is 6.30. The molecule has 0 atom stereocenters. The SMILES string of the molecule is CC(C)(C)c1ccc(C(=O)NCCNc2nc(-c3ccc(Cl)cc3)nc3ccccc23)cc1. The van der Waals surface area contributed by atoms with Crippen LogP contribution in [0.2, 0.25) is 5.02 Å². The van der Waals surface area contributed by atoms with Gasteiger partial charge in [0.15, 0.2) is 5.82 Å². The summed E-state index contributed by atoms with van der Waals surface area (Å²) in [5.74, 6) is 1.26. The average molecular weight is 459 g/mol. The molecule has 0 fully saturated rings. The Labute approximate surface area is 199 Å². The van der Waals surface area contributed by atoms with Crippen molar-refractivity contribution in [3.8, 4) is 11.4 Å². The molecular formula is C27H27ClN4O. The second-order valence-electron chi connectivity index (χ2n) is 8.93. The van der Waals surface area contributed by atoms with Gasteiger partial charge in [-0.05, 0) is 59.5 Å². The second-order valence-corrected chi connectivity index (χ2v) is 9.37. The summed E-state index contributed by atoms with van der Waals surface area (Å²) < 4.78 is 0. The summed E-state index contributed by atoms with van der Waals surface area (Å²) in [7, 11) is 0. The number of amides is 1. The Balaban J connectivity index is 1.43. The highest BCUT2D eigenvalue weighted by Crippen LogP contribution is 2.26. The van der Waals surface area contributed by atoms with E-state index in [0.29, 0.717) is 29.5 Å². The Morgan fingerprint density at radius 1 is 0.879 bits per heavy atom. The second kappa shape index (κ2) is 9.59. The number of benzene rings is 3. The van der Waals surface area contributed by atoms with Crippen LogP contribution >= 0.6 is 11.6 Å². The van der Waals surface area contributed by atoms with Crippen LogP contribution in [0.25, 0.3) is 22.3 Å². The summed E-state index contributed by atoms with van der Waals surface area (Å²) >= 11 is 6.02. The third kappa shape index (κ3) is 5.49. The Bertz CT molecular complexity index is 1260. The van der Waals surface area contributed by atoms with Gasteiger partial charge in [-0.2, -0.15) is 0 Å². The molecule has 4 aromatic rings. The third-order valence-corrected chi connectivity index (χ3v) is 5.67. The Morgan fingerprint density at radius 2 is 1.58 bits per heavy atom. The number of hydrogen-bond acceptors (Lipinski definition) is 4. The minimum atomic E-state index is -0.0911. The molecule has 5 nitrogen and oxygen atoms in total. The van der Waals surface area contributed by atoms with Gasteiger partial charge in [-0.15, -0.1) is 0 Å². The molecule has 4 rings (SSSR count). The van der Waals surface area contributed by atoms with E-state index in [1.165, 1.54) is 5.56 Å². The average Bonchev–Trinajstić information content (AvgIpc) is 2.81. The van der Waals surface area contributed by atoms with Gasteiger partial charge in [0.05, 0.1) is 5.52 Å². The van der Waals surface area contributed by atoms with Gasteiger partial charge >= 0.3 is 0 Å². The van der Waals surface area contributed by atoms with Gasteiger partial charge in [0.1, 0.15) is 5.82 Å². The fraction of sp³-hybridized carbons (Fsp3) is 0.222. The fourth-order valence-electron chi connectivity index (χ4n) is 3.52. The first-order chi connectivity index (χ1) is 15.8. The number of rotatable bonds is 6. The van der Waals surface area contributed by atoms with Crippen molar-refractivity contribution >= 4 is 34.2 Å². The number of carbonyl (C=O) groups excluding carboxylic acids is 1. The molecular weight excluding hydrogens is 432 g/mol. The van der Waals surface area contributed by atoms with Crippen LogP contribution in [0, 0.1) is 0 Å². The zero-order valence-corrected chi connectivity index (χ0v) is 19.8. The maximum atomic E-state index is 12.5. The van der Waals surface area contributed by atoms with Crippen LogP contribution in [0.4, 0.5) is 5.82 Å². The molecule has 6 heteroatoms. The zero-order valence-electron chi connectivity index (χ0n) is 19.0. The minimum absolute atomic E-state index is 0.0596. The van der Waals surface area contributed by atoms with Gasteiger partial charge in [-0.25, -0.2) is 9.97 Å². The maximum Gasteiger partial charge on any atom is 0.251 e. The lowest BCUT2D eigenvalue weighted by atomic mass is 9.87. The standard InChI is InChI=1S/C27H27ClN4O/c1-27(2,3)20-12-8-19(9-13-20)26(33)30-17-16-29-25-22-6-4-5-7-23(22)31-24(32-25)18-10-14-21(28)15-11-18/h4-15H,16-17H2,1-3H3,(H,30,33)(H,29,31,32). The van der Waals surface area contributed by atoms with Crippen molar-refractivity contribution in [3.63, 3.8) is 0 Å². The largest absolute Gasteiger partial charge is 0.368 e. The summed E-state index contributed by atoms with van der Waals surface area (Å²) in [6, 6.07) is 23.1. The molecule has 0 aliphatic carbocycles. The smallest absolute Gasteiger partial charge is 0.251 e. The van der Waals surface area contributed by atoms with Crippen molar-refractivity contribution in [2.24, 2.45) is 0 Å². The van der Waals surface area contributed by atoms with Gasteiger partial charge in [0.25, 0.3) is 5.91 Å². The van der Waals surface area contributed by atoms with Gasteiger partial charge in [-0.1, -0.05) is 56.6 Å². The number of carbonyl (C=O) groups is 1. The Morgan fingerprint density at radius 3 is 2.27 bits per heavy atom. The molecule has 1 heterocycles. The summed E-state index contributed by atoms with van der Waals surface area (Å²) in [5.41, 5.74) is 3.65. The molecule has 3 aromatic carbocycles. The molecule has 0 aliphatic rings. The van der Waals surface area contributed by atoms with Crippen molar-refractivity contribution in [1.29, 1.82) is 0 Å². The molecule has 0 radical (unpaired) electrons. The highest BCUT2D eigenvalue weighted by atomic mass is 35.5. The van der Waals surface area contributed by atoms with Gasteiger partial charge < -0.3 is 10.6 Å². The van der Waals surface area contributed by atoms with Crippen LogP contribution in [0.5, 0.6) is 0 Å². The number of para-hydroxylation sites is 1. The van der Waals surface area contributed by atoms with Gasteiger partial charge in [0, 0.05) is 34.6 Å². The van der Waals surface area contributed by atoms with Crippen LogP contribution in [-0.4, -0.2) is 29.0 Å². The lowest BCUT2D eigenvalue weighted by molar-refractivity contribution is 0.0955. The van der Waals surface area contributed by atoms with Gasteiger partial charge in [0.2, 0.25) is 0 Å². The topological polar surface area (TPSA) is 66.9 Å². The third-order valence-electron chi connectivity index (χ3n) is 5.42. The molecule has 0 unspecified atom stereocenters. The van der Waals surface area contributed by atoms with Crippen molar-refractivity contribution < 1.29 is 4.79 Å². The van der Waals surface area contributed by atoms with Crippen molar-refractivity contribution in [2.45, 2.75) is 26.2 Å². The van der Waals surface area contributed by atoms with Crippen LogP contribution in [0.15, 0.2) is 72.8 Å². The van der Waals surface area contributed by atoms with E-state index in [9.17, 15) is 4.79 Å². The fourth-order valence-corrected chi connectivity index (χ4v) is 3.65. The Kier molecular flexibility index (Phi) is 6.61. The van der Waals surface area contributed by atoms with Crippen LogP contribution in [0.3, 0.4) is 0 Å². The van der Waals surface area contributed by atoms with E-state index in [0.717, 1.165) is 22.3 Å². The molecule has 1 amide bonds. The van der Waals surface area contributed by atoms with Crippen molar-refractivity contribution in [1.82, 2.24) is 15.3 Å². The maximum absolute atomic E-state index is 12.5. The first-order valence-electron chi connectivity index (χ1n) is 11.0. The summed E-state index contributed by atoms with van der Waals surface area (Å²) in [4.78, 5) is 21.9. The predicted molar refractivity (Wildman–Crippen MR) is 136 cm³/mol. The van der Waals surface area contributed by atoms with Gasteiger partial charge in [-0.3, -0.25) is 4.79 Å². The molecule has 0 saturated carbocycles. The van der Waals surface area contributed by atoms with E-state index in [2.05, 4.69) is 31.4 Å². The first kappa shape index (κ1) is 22.7. The molecule has 0 saturated heterocycles. The normalized spacial score (nSPS) is 11.4. The van der Waals surface area contributed by atoms with E-state index < -0.39 is 0 Å². The molecule has 0 bridgehead atoms. The highest BCUT2D eigenvalue weighted by Gasteiger charge is 2.14. The molecule has 1 aromatic heterocycles. The number of aromatic nitrogens is 2. The summed E-state index contributed by atoms with van der Waals surface area (Å²) in [5, 5.41) is 7.92. The summed E-state index contributed by atoms with van der Waals surface area (Å²) in [6.45, 7) is 7.47. The number of nitrogens with zero attached hydrogens (tertiary/aromatic N) is 2. The molecule has 33 heavy (non-hydrogen) atoms. The van der Waals surface area contributed by atoms with E-state index >= 15 is 0 Å². The molecule has 0 spiro atoms. The van der Waals surface area contributed by atoms with E-state index in [4.69, 9.17) is 21.6 Å². The Hall–Kier alpha value is -3.44. The predicted octanol–water partition coefficient (Wildman–Crippen LogP) is 6.09. The van der Waals surface area contributed by atoms with E-state index in [1.54, 1.807) is 0 Å². The van der Waals surface area contributed by atoms with Crippen molar-refractivity contribution in [2.75, 3.05) is 18.4 Å².